The highest BCUT2D eigenvalue weighted by Gasteiger charge is 2.37. The average molecular weight is 333 g/mol. The normalized spacial score (nSPS) is 14.4. The summed E-state index contributed by atoms with van der Waals surface area (Å²) in [7, 11) is 0. The van der Waals surface area contributed by atoms with Crippen molar-refractivity contribution in [3.8, 4) is 5.75 Å². The quantitative estimate of drug-likeness (QED) is 0.676. The molecule has 0 radical (unpaired) electrons. The van der Waals surface area contributed by atoms with Crippen LogP contribution in [0.15, 0.2) is 18.2 Å². The van der Waals surface area contributed by atoms with Gasteiger partial charge in [-0.1, -0.05) is 53.7 Å². The fourth-order valence-corrected chi connectivity index (χ4v) is 2.83. The van der Waals surface area contributed by atoms with E-state index in [1.54, 1.807) is 0 Å². The van der Waals surface area contributed by atoms with Gasteiger partial charge in [-0.05, 0) is 56.7 Å². The molecule has 1 rings (SSSR count). The number of aryl methyl sites for hydroxylation is 1. The molecule has 0 bridgehead atoms. The molecule has 0 aliphatic heterocycles. The number of hydrogen-bond acceptors (Lipinski definition) is 2. The summed E-state index contributed by atoms with van der Waals surface area (Å²) >= 11 is 0. The molecule has 1 aromatic carbocycles. The Bertz CT molecular complexity index is 577. The predicted octanol–water partition coefficient (Wildman–Crippen LogP) is 5.99. The van der Waals surface area contributed by atoms with Crippen LogP contribution in [0.25, 0.3) is 0 Å². The maximum Gasteiger partial charge on any atom is 0.142 e. The third-order valence-corrected chi connectivity index (χ3v) is 4.20. The van der Waals surface area contributed by atoms with Crippen LogP contribution in [0.2, 0.25) is 0 Å². The Morgan fingerprint density at radius 2 is 1.54 bits per heavy atom. The molecule has 0 heterocycles. The second-order valence-corrected chi connectivity index (χ2v) is 10.1. The topological polar surface area (TPSA) is 26.3 Å². The molecule has 0 spiro atoms. The van der Waals surface area contributed by atoms with Crippen molar-refractivity contribution < 1.29 is 9.53 Å². The Labute approximate surface area is 149 Å². The zero-order chi connectivity index (χ0) is 18.9. The number of carbonyl (C=O) groups excluding carboxylic acids is 1. The molecule has 0 amide bonds. The van der Waals surface area contributed by atoms with Crippen LogP contribution in [0.3, 0.4) is 0 Å². The summed E-state index contributed by atoms with van der Waals surface area (Å²) in [5, 5.41) is 0. The molecule has 24 heavy (non-hydrogen) atoms. The van der Waals surface area contributed by atoms with Crippen molar-refractivity contribution >= 4 is 5.78 Å². The van der Waals surface area contributed by atoms with Crippen LogP contribution in [0.5, 0.6) is 5.75 Å². The van der Waals surface area contributed by atoms with Gasteiger partial charge in [-0.15, -0.1) is 0 Å². The molecular formula is C22H36O2. The fraction of sp³-hybridized carbons (Fsp3) is 0.682. The molecule has 2 nitrogen and oxygen atoms in total. The lowest BCUT2D eigenvalue weighted by molar-refractivity contribution is -0.133. The summed E-state index contributed by atoms with van der Waals surface area (Å²) in [4.78, 5) is 12.9. The van der Waals surface area contributed by atoms with Gasteiger partial charge in [-0.3, -0.25) is 4.79 Å². The van der Waals surface area contributed by atoms with Crippen molar-refractivity contribution in [1.29, 1.82) is 0 Å². The van der Waals surface area contributed by atoms with Crippen LogP contribution in [0, 0.1) is 23.7 Å². The van der Waals surface area contributed by atoms with Gasteiger partial charge in [0.05, 0.1) is 0 Å². The van der Waals surface area contributed by atoms with Gasteiger partial charge >= 0.3 is 0 Å². The summed E-state index contributed by atoms with van der Waals surface area (Å²) < 4.78 is 5.99. The van der Waals surface area contributed by atoms with E-state index in [0.717, 1.165) is 17.7 Å². The molecule has 2 heteroatoms. The second-order valence-electron chi connectivity index (χ2n) is 10.1. The number of carbonyl (C=O) groups is 1. The van der Waals surface area contributed by atoms with Crippen molar-refractivity contribution in [2.75, 3.05) is 0 Å². The lowest BCUT2D eigenvalue weighted by Crippen LogP contribution is -2.37. The second kappa shape index (κ2) is 6.90. The van der Waals surface area contributed by atoms with E-state index in [1.165, 1.54) is 5.56 Å². The molecule has 0 aliphatic rings. The highest BCUT2D eigenvalue weighted by Crippen LogP contribution is 2.36. The Hall–Kier alpha value is -1.31. The van der Waals surface area contributed by atoms with Crippen LogP contribution in [0.4, 0.5) is 0 Å². The van der Waals surface area contributed by atoms with E-state index < -0.39 is 0 Å². The van der Waals surface area contributed by atoms with Crippen LogP contribution >= 0.6 is 0 Å². The zero-order valence-corrected chi connectivity index (χ0v) is 17.3. The van der Waals surface area contributed by atoms with E-state index in [0.29, 0.717) is 5.78 Å². The summed E-state index contributed by atoms with van der Waals surface area (Å²) in [6, 6.07) is 6.30. The van der Waals surface area contributed by atoms with Crippen LogP contribution in [-0.2, 0) is 11.2 Å². The third-order valence-electron chi connectivity index (χ3n) is 4.20. The molecule has 0 saturated heterocycles. The first-order chi connectivity index (χ1) is 10.6. The van der Waals surface area contributed by atoms with Crippen molar-refractivity contribution in [2.24, 2.45) is 16.7 Å². The maximum atomic E-state index is 12.9. The molecule has 136 valence electrons. The van der Waals surface area contributed by atoms with E-state index in [9.17, 15) is 4.79 Å². The van der Waals surface area contributed by atoms with Crippen molar-refractivity contribution in [2.45, 2.75) is 81.3 Å². The smallest absolute Gasteiger partial charge is 0.142 e. The molecule has 0 aliphatic carbocycles. The number of ketones is 1. The van der Waals surface area contributed by atoms with E-state index in [1.807, 2.05) is 26.8 Å². The monoisotopic (exact) mass is 332 g/mol. The first-order valence-corrected chi connectivity index (χ1v) is 8.94. The number of Topliss-reactive ketones (excluding diaryl/α,β-unsaturated/α-hetero) is 1. The summed E-state index contributed by atoms with van der Waals surface area (Å²) in [5.74, 6) is 1.26. The summed E-state index contributed by atoms with van der Waals surface area (Å²) in [6.45, 7) is 20.7. The van der Waals surface area contributed by atoms with Gasteiger partial charge in [0.25, 0.3) is 0 Å². The number of rotatable bonds is 4. The van der Waals surface area contributed by atoms with E-state index in [2.05, 4.69) is 60.6 Å². The van der Waals surface area contributed by atoms with Gasteiger partial charge in [0.15, 0.2) is 0 Å². The zero-order valence-electron chi connectivity index (χ0n) is 17.3. The van der Waals surface area contributed by atoms with E-state index >= 15 is 0 Å². The van der Waals surface area contributed by atoms with Gasteiger partial charge in [0, 0.05) is 11.3 Å². The number of hydrogen-bond donors (Lipinski definition) is 0. The fourth-order valence-electron chi connectivity index (χ4n) is 2.83. The van der Waals surface area contributed by atoms with Crippen molar-refractivity contribution in [3.63, 3.8) is 0 Å². The highest BCUT2D eigenvalue weighted by molar-refractivity contribution is 5.86. The van der Waals surface area contributed by atoms with Gasteiger partial charge in [-0.25, -0.2) is 0 Å². The SMILES string of the molecule is Cc1cc(C[C@@H](C(=O)C(C)(C)C)C(C)(C)C)ccc1OC(C)(C)C. The molecule has 1 aromatic rings. The van der Waals surface area contributed by atoms with Gasteiger partial charge in [0.1, 0.15) is 17.1 Å². The maximum absolute atomic E-state index is 12.9. The van der Waals surface area contributed by atoms with Crippen molar-refractivity contribution in [1.82, 2.24) is 0 Å². The Morgan fingerprint density at radius 3 is 1.92 bits per heavy atom. The summed E-state index contributed by atoms with van der Waals surface area (Å²) in [6.07, 6.45) is 0.774. The Kier molecular flexibility index (Phi) is 5.96. The number of ether oxygens (including phenoxy) is 1. The third kappa shape index (κ3) is 5.96. The lowest BCUT2D eigenvalue weighted by atomic mass is 9.69. The highest BCUT2D eigenvalue weighted by atomic mass is 16.5. The Morgan fingerprint density at radius 1 is 1.00 bits per heavy atom. The van der Waals surface area contributed by atoms with Crippen molar-refractivity contribution in [3.05, 3.63) is 29.3 Å². The first-order valence-electron chi connectivity index (χ1n) is 8.94. The van der Waals surface area contributed by atoms with Gasteiger partial charge in [-0.2, -0.15) is 0 Å². The van der Waals surface area contributed by atoms with Gasteiger partial charge < -0.3 is 4.74 Å². The molecule has 0 aromatic heterocycles. The molecule has 0 fully saturated rings. The minimum absolute atomic E-state index is 0.00582. The van der Waals surface area contributed by atoms with Crippen LogP contribution in [0.1, 0.15) is 73.4 Å². The van der Waals surface area contributed by atoms with Crippen LogP contribution < -0.4 is 4.74 Å². The molecule has 1 atom stereocenters. The molecule has 0 saturated carbocycles. The Balaban J connectivity index is 3.08. The number of benzene rings is 1. The molecule has 0 unspecified atom stereocenters. The van der Waals surface area contributed by atoms with E-state index in [4.69, 9.17) is 4.74 Å². The summed E-state index contributed by atoms with van der Waals surface area (Å²) in [5.41, 5.74) is 1.74. The molecular weight excluding hydrogens is 296 g/mol. The van der Waals surface area contributed by atoms with Crippen LogP contribution in [-0.4, -0.2) is 11.4 Å². The minimum atomic E-state index is -0.317. The molecule has 0 N–H and O–H groups in total. The average Bonchev–Trinajstić information content (AvgIpc) is 2.34. The van der Waals surface area contributed by atoms with E-state index in [-0.39, 0.29) is 22.3 Å². The predicted molar refractivity (Wildman–Crippen MR) is 103 cm³/mol. The lowest BCUT2D eigenvalue weighted by Gasteiger charge is -2.34. The minimum Gasteiger partial charge on any atom is -0.488 e. The standard InChI is InChI=1S/C22H36O2/c1-15-13-16(11-12-18(15)24-22(8,9)10)14-17(20(2,3)4)19(23)21(5,6)7/h11-13,17H,14H2,1-10H3/t17-/m0/s1. The van der Waals surface area contributed by atoms with Gasteiger partial charge in [0.2, 0.25) is 0 Å². The largest absolute Gasteiger partial charge is 0.488 e. The first kappa shape index (κ1) is 20.7.